The maximum Gasteiger partial charge on any atom is 0.238 e. The van der Waals surface area contributed by atoms with Gasteiger partial charge in [0, 0.05) is 23.4 Å². The van der Waals surface area contributed by atoms with Crippen LogP contribution in [0.1, 0.15) is 12.8 Å². The number of hydrogen-bond acceptors (Lipinski definition) is 4. The predicted octanol–water partition coefficient (Wildman–Crippen LogP) is 1.08. The molecule has 0 spiro atoms. The average molecular weight is 269 g/mol. The molecule has 0 bridgehead atoms. The van der Waals surface area contributed by atoms with Crippen LogP contribution in [0.25, 0.3) is 0 Å². The standard InChI is InChI=1S/C9H16N2OS2.ClH/c12-9(8-5-13-6-11-8)10-4-7-2-1-3-14-7;/h7-8,11H,1-6H2,(H,10,12);1H/t7?,8-;/m1./s1. The van der Waals surface area contributed by atoms with Crippen LogP contribution in [0.15, 0.2) is 0 Å². The van der Waals surface area contributed by atoms with Crippen molar-refractivity contribution in [1.82, 2.24) is 10.6 Å². The summed E-state index contributed by atoms with van der Waals surface area (Å²) in [5, 5.41) is 6.87. The fourth-order valence-corrected chi connectivity index (χ4v) is 3.85. The number of carbonyl (C=O) groups is 1. The summed E-state index contributed by atoms with van der Waals surface area (Å²) in [6.07, 6.45) is 2.57. The normalized spacial score (nSPS) is 29.9. The van der Waals surface area contributed by atoms with Gasteiger partial charge in [0.1, 0.15) is 0 Å². The van der Waals surface area contributed by atoms with Gasteiger partial charge in [0.05, 0.1) is 6.04 Å². The van der Waals surface area contributed by atoms with Crippen LogP contribution in [0.5, 0.6) is 0 Å². The highest BCUT2D eigenvalue weighted by molar-refractivity contribution is 8.00. The molecule has 2 fully saturated rings. The Morgan fingerprint density at radius 1 is 1.53 bits per heavy atom. The van der Waals surface area contributed by atoms with Gasteiger partial charge in [0.25, 0.3) is 0 Å². The molecule has 2 heterocycles. The fourth-order valence-electron chi connectivity index (χ4n) is 1.71. The first-order chi connectivity index (χ1) is 6.86. The highest BCUT2D eigenvalue weighted by Crippen LogP contribution is 2.25. The lowest BCUT2D eigenvalue weighted by Gasteiger charge is -2.13. The fraction of sp³-hybridized carbons (Fsp3) is 0.889. The summed E-state index contributed by atoms with van der Waals surface area (Å²) in [6, 6.07) is 0.0476. The molecule has 88 valence electrons. The van der Waals surface area contributed by atoms with Crippen LogP contribution in [0.3, 0.4) is 0 Å². The third-order valence-corrected chi connectivity index (χ3v) is 4.90. The summed E-state index contributed by atoms with van der Waals surface area (Å²) in [7, 11) is 0. The van der Waals surface area contributed by atoms with Gasteiger partial charge in [-0.05, 0) is 18.6 Å². The van der Waals surface area contributed by atoms with Crippen molar-refractivity contribution >= 4 is 41.8 Å². The van der Waals surface area contributed by atoms with E-state index in [2.05, 4.69) is 10.6 Å². The highest BCUT2D eigenvalue weighted by atomic mass is 35.5. The van der Waals surface area contributed by atoms with Crippen molar-refractivity contribution in [2.24, 2.45) is 0 Å². The molecule has 3 nitrogen and oxygen atoms in total. The van der Waals surface area contributed by atoms with Crippen molar-refractivity contribution in [3.05, 3.63) is 0 Å². The van der Waals surface area contributed by atoms with E-state index < -0.39 is 0 Å². The third-order valence-electron chi connectivity index (χ3n) is 2.56. The predicted molar refractivity (Wildman–Crippen MR) is 70.0 cm³/mol. The lowest BCUT2D eigenvalue weighted by atomic mass is 10.2. The molecular weight excluding hydrogens is 252 g/mol. The molecule has 0 aromatic rings. The van der Waals surface area contributed by atoms with Crippen LogP contribution in [-0.4, -0.2) is 41.1 Å². The van der Waals surface area contributed by atoms with Gasteiger partial charge >= 0.3 is 0 Å². The summed E-state index contributed by atoms with van der Waals surface area (Å²) in [5.74, 6) is 3.28. The second kappa shape index (κ2) is 6.89. The van der Waals surface area contributed by atoms with E-state index in [4.69, 9.17) is 0 Å². The van der Waals surface area contributed by atoms with Crippen molar-refractivity contribution in [3.8, 4) is 0 Å². The summed E-state index contributed by atoms with van der Waals surface area (Å²) in [5.41, 5.74) is 0. The van der Waals surface area contributed by atoms with Crippen molar-refractivity contribution < 1.29 is 4.79 Å². The van der Waals surface area contributed by atoms with Crippen LogP contribution in [-0.2, 0) is 4.79 Å². The topological polar surface area (TPSA) is 41.1 Å². The van der Waals surface area contributed by atoms with Gasteiger partial charge in [-0.25, -0.2) is 0 Å². The quantitative estimate of drug-likeness (QED) is 0.804. The maximum absolute atomic E-state index is 11.6. The Morgan fingerprint density at radius 2 is 2.40 bits per heavy atom. The molecular formula is C9H17ClN2OS2. The molecule has 0 aromatic heterocycles. The summed E-state index contributed by atoms with van der Waals surface area (Å²) in [6.45, 7) is 0.854. The molecule has 0 aromatic carbocycles. The molecule has 2 atom stereocenters. The van der Waals surface area contributed by atoms with Gasteiger partial charge in [0.2, 0.25) is 5.91 Å². The van der Waals surface area contributed by atoms with Crippen molar-refractivity contribution in [2.45, 2.75) is 24.1 Å². The number of halogens is 1. The highest BCUT2D eigenvalue weighted by Gasteiger charge is 2.23. The number of amides is 1. The third kappa shape index (κ3) is 4.06. The minimum absolute atomic E-state index is 0. The van der Waals surface area contributed by atoms with Crippen LogP contribution in [0, 0.1) is 0 Å². The van der Waals surface area contributed by atoms with Crippen molar-refractivity contribution in [1.29, 1.82) is 0 Å². The average Bonchev–Trinajstić information content (AvgIpc) is 2.87. The van der Waals surface area contributed by atoms with Gasteiger partial charge in [-0.15, -0.1) is 24.2 Å². The molecule has 2 aliphatic rings. The van der Waals surface area contributed by atoms with Crippen LogP contribution >= 0.6 is 35.9 Å². The van der Waals surface area contributed by atoms with E-state index in [0.29, 0.717) is 5.25 Å². The Balaban J connectivity index is 0.00000112. The number of thioether (sulfide) groups is 2. The molecule has 0 radical (unpaired) electrons. The molecule has 1 amide bonds. The molecule has 1 unspecified atom stereocenters. The monoisotopic (exact) mass is 268 g/mol. The number of hydrogen-bond donors (Lipinski definition) is 2. The van der Waals surface area contributed by atoms with Crippen molar-refractivity contribution in [3.63, 3.8) is 0 Å². The van der Waals surface area contributed by atoms with Crippen LogP contribution < -0.4 is 10.6 Å². The molecule has 15 heavy (non-hydrogen) atoms. The van der Waals surface area contributed by atoms with Crippen LogP contribution in [0.4, 0.5) is 0 Å². The second-order valence-electron chi connectivity index (χ2n) is 3.65. The first-order valence-electron chi connectivity index (χ1n) is 5.07. The van der Waals surface area contributed by atoms with E-state index >= 15 is 0 Å². The Bertz CT molecular complexity index is 206. The second-order valence-corrected chi connectivity index (χ2v) is 6.09. The summed E-state index contributed by atoms with van der Waals surface area (Å²) in [4.78, 5) is 11.6. The van der Waals surface area contributed by atoms with E-state index in [0.717, 1.165) is 18.2 Å². The van der Waals surface area contributed by atoms with Crippen LogP contribution in [0.2, 0.25) is 0 Å². The molecule has 2 N–H and O–H groups in total. The van der Waals surface area contributed by atoms with E-state index in [-0.39, 0.29) is 24.4 Å². The number of carbonyl (C=O) groups excluding carboxylic acids is 1. The van der Waals surface area contributed by atoms with Gasteiger partial charge in [0.15, 0.2) is 0 Å². The zero-order chi connectivity index (χ0) is 9.80. The van der Waals surface area contributed by atoms with Crippen molar-refractivity contribution in [2.75, 3.05) is 23.9 Å². The molecule has 0 aliphatic carbocycles. The zero-order valence-electron chi connectivity index (χ0n) is 8.53. The molecule has 2 saturated heterocycles. The largest absolute Gasteiger partial charge is 0.354 e. The number of rotatable bonds is 3. The van der Waals surface area contributed by atoms with E-state index in [1.165, 1.54) is 18.6 Å². The summed E-state index contributed by atoms with van der Waals surface area (Å²) >= 11 is 3.78. The first-order valence-corrected chi connectivity index (χ1v) is 7.27. The Hall–Kier alpha value is 0.420. The Morgan fingerprint density at radius 3 is 3.00 bits per heavy atom. The SMILES string of the molecule is Cl.O=C(NCC1CCCS1)[C@H]1CSCN1. The summed E-state index contributed by atoms with van der Waals surface area (Å²) < 4.78 is 0. The Kier molecular flexibility index (Phi) is 6.19. The molecule has 2 aliphatic heterocycles. The maximum atomic E-state index is 11.6. The zero-order valence-corrected chi connectivity index (χ0v) is 11.0. The lowest BCUT2D eigenvalue weighted by Crippen LogP contribution is -2.43. The minimum atomic E-state index is 0. The van der Waals surface area contributed by atoms with E-state index in [1.807, 2.05) is 11.8 Å². The first kappa shape index (κ1) is 13.5. The molecule has 0 saturated carbocycles. The number of nitrogens with one attached hydrogen (secondary N) is 2. The van der Waals surface area contributed by atoms with Gasteiger partial charge in [-0.2, -0.15) is 11.8 Å². The van der Waals surface area contributed by atoms with E-state index in [9.17, 15) is 4.79 Å². The Labute approximate surface area is 105 Å². The van der Waals surface area contributed by atoms with E-state index in [1.54, 1.807) is 11.8 Å². The molecule has 2 rings (SSSR count). The molecule has 6 heteroatoms. The van der Waals surface area contributed by atoms with Gasteiger partial charge in [-0.3, -0.25) is 10.1 Å². The van der Waals surface area contributed by atoms with Gasteiger partial charge in [-0.1, -0.05) is 0 Å². The minimum Gasteiger partial charge on any atom is -0.354 e. The smallest absolute Gasteiger partial charge is 0.238 e. The van der Waals surface area contributed by atoms with Gasteiger partial charge < -0.3 is 5.32 Å². The lowest BCUT2D eigenvalue weighted by molar-refractivity contribution is -0.122.